The van der Waals surface area contributed by atoms with E-state index in [0.29, 0.717) is 6.07 Å². The highest BCUT2D eigenvalue weighted by atomic mass is 19.2. The van der Waals surface area contributed by atoms with E-state index in [2.05, 4.69) is 5.32 Å². The molecule has 1 aromatic rings. The van der Waals surface area contributed by atoms with E-state index in [0.717, 1.165) is 0 Å². The number of halogens is 3. The van der Waals surface area contributed by atoms with Crippen LogP contribution >= 0.6 is 0 Å². The molecule has 1 aromatic carbocycles. The summed E-state index contributed by atoms with van der Waals surface area (Å²) in [6.45, 7) is -0.806. The number of piperidine rings is 1. The van der Waals surface area contributed by atoms with Crippen molar-refractivity contribution in [2.45, 2.75) is 18.4 Å². The van der Waals surface area contributed by atoms with Gasteiger partial charge < -0.3 is 15.7 Å². The average Bonchev–Trinajstić information content (AvgIpc) is 2.48. The second-order valence-electron chi connectivity index (χ2n) is 4.94. The molecule has 1 heterocycles. The number of hydrogen-bond donors (Lipinski definition) is 4. The van der Waals surface area contributed by atoms with E-state index in [1.807, 2.05) is 10.6 Å². The molecular formula is C13H12F3N3O4. The van der Waals surface area contributed by atoms with Gasteiger partial charge in [0.05, 0.1) is 12.3 Å². The molecule has 124 valence electrons. The van der Waals surface area contributed by atoms with Crippen molar-refractivity contribution in [1.82, 2.24) is 10.6 Å². The van der Waals surface area contributed by atoms with Gasteiger partial charge in [-0.1, -0.05) is 0 Å². The van der Waals surface area contributed by atoms with Gasteiger partial charge in [-0.3, -0.25) is 14.9 Å². The summed E-state index contributed by atoms with van der Waals surface area (Å²) in [5.74, 6) is -5.50. The van der Waals surface area contributed by atoms with Gasteiger partial charge in [-0.25, -0.2) is 18.0 Å². The summed E-state index contributed by atoms with van der Waals surface area (Å²) in [7, 11) is 0. The van der Waals surface area contributed by atoms with Gasteiger partial charge >= 0.3 is 6.03 Å². The molecule has 4 amide bonds. The molecule has 23 heavy (non-hydrogen) atoms. The zero-order valence-electron chi connectivity index (χ0n) is 11.6. The van der Waals surface area contributed by atoms with Crippen molar-refractivity contribution in [3.05, 3.63) is 29.6 Å². The first-order valence-corrected chi connectivity index (χ1v) is 6.46. The minimum Gasteiger partial charge on any atom is -0.393 e. The van der Waals surface area contributed by atoms with Crippen LogP contribution < -0.4 is 16.0 Å². The smallest absolute Gasteiger partial charge is 0.320 e. The maximum atomic E-state index is 13.5. The number of carbonyl (C=O) groups excluding carboxylic acids is 3. The van der Waals surface area contributed by atoms with Crippen molar-refractivity contribution in [3.8, 4) is 0 Å². The van der Waals surface area contributed by atoms with Crippen LogP contribution in [0.1, 0.15) is 12.8 Å². The van der Waals surface area contributed by atoms with Crippen LogP contribution in [-0.2, 0) is 9.59 Å². The van der Waals surface area contributed by atoms with Crippen molar-refractivity contribution >= 4 is 23.5 Å². The standard InChI is InChI=1S/C13H12F3N3O4/c14-6-3-8(16)9(4-7(6)15)17-12(23)19-13(5-20)2-1-10(21)18-11(13)22/h3-4,20H,1-2,5H2,(H2,17,19,23)(H,18,21,22). The van der Waals surface area contributed by atoms with Crippen LogP contribution in [0.15, 0.2) is 12.1 Å². The van der Waals surface area contributed by atoms with Crippen molar-refractivity contribution in [1.29, 1.82) is 0 Å². The third-order valence-corrected chi connectivity index (χ3v) is 3.35. The number of carbonyl (C=O) groups is 3. The van der Waals surface area contributed by atoms with Gasteiger partial charge in [0.15, 0.2) is 11.6 Å². The zero-order chi connectivity index (χ0) is 17.2. The first kappa shape index (κ1) is 16.7. The van der Waals surface area contributed by atoms with E-state index < -0.39 is 53.1 Å². The topological polar surface area (TPSA) is 108 Å². The second-order valence-corrected chi connectivity index (χ2v) is 4.94. The number of anilines is 1. The van der Waals surface area contributed by atoms with Gasteiger partial charge in [0.2, 0.25) is 5.91 Å². The fraction of sp³-hybridized carbons (Fsp3) is 0.308. The summed E-state index contributed by atoms with van der Waals surface area (Å²) in [4.78, 5) is 34.7. The molecule has 1 atom stereocenters. The quantitative estimate of drug-likeness (QED) is 0.475. The lowest BCUT2D eigenvalue weighted by Crippen LogP contribution is -2.65. The number of urea groups is 1. The third-order valence-electron chi connectivity index (χ3n) is 3.35. The lowest BCUT2D eigenvalue weighted by molar-refractivity contribution is -0.139. The molecule has 0 bridgehead atoms. The first-order chi connectivity index (χ1) is 10.8. The van der Waals surface area contributed by atoms with E-state index in [1.54, 1.807) is 0 Å². The van der Waals surface area contributed by atoms with Crippen molar-refractivity contribution in [3.63, 3.8) is 0 Å². The van der Waals surface area contributed by atoms with Crippen LogP contribution in [0.4, 0.5) is 23.7 Å². The highest BCUT2D eigenvalue weighted by Crippen LogP contribution is 2.20. The molecule has 1 saturated heterocycles. The number of aliphatic hydroxyl groups is 1. The molecule has 0 radical (unpaired) electrons. The molecule has 10 heteroatoms. The lowest BCUT2D eigenvalue weighted by atomic mass is 9.90. The van der Waals surface area contributed by atoms with E-state index in [-0.39, 0.29) is 18.9 Å². The number of aliphatic hydroxyl groups excluding tert-OH is 1. The molecule has 0 saturated carbocycles. The molecule has 0 aliphatic carbocycles. The van der Waals surface area contributed by atoms with Crippen LogP contribution in [0.5, 0.6) is 0 Å². The Morgan fingerprint density at radius 2 is 1.87 bits per heavy atom. The summed E-state index contributed by atoms with van der Waals surface area (Å²) in [6, 6.07) is -0.451. The fourth-order valence-electron chi connectivity index (χ4n) is 2.05. The number of imide groups is 1. The predicted molar refractivity (Wildman–Crippen MR) is 70.7 cm³/mol. The van der Waals surface area contributed by atoms with Gasteiger partial charge in [-0.2, -0.15) is 0 Å². The third kappa shape index (κ3) is 3.42. The Bertz CT molecular complexity index is 683. The Morgan fingerprint density at radius 1 is 1.22 bits per heavy atom. The molecule has 0 spiro atoms. The van der Waals surface area contributed by atoms with E-state index in [1.165, 1.54) is 0 Å². The second kappa shape index (κ2) is 6.24. The summed E-state index contributed by atoms with van der Waals surface area (Å²) >= 11 is 0. The number of hydrogen-bond acceptors (Lipinski definition) is 4. The Kier molecular flexibility index (Phi) is 4.55. The van der Waals surface area contributed by atoms with Crippen molar-refractivity contribution in [2.24, 2.45) is 0 Å². The highest BCUT2D eigenvalue weighted by molar-refractivity contribution is 6.05. The monoisotopic (exact) mass is 331 g/mol. The maximum Gasteiger partial charge on any atom is 0.320 e. The molecule has 2 rings (SSSR count). The summed E-state index contributed by atoms with van der Waals surface area (Å²) in [5, 5.41) is 15.3. The van der Waals surface area contributed by atoms with Crippen LogP contribution in [0.25, 0.3) is 0 Å². The molecule has 1 aliphatic rings. The van der Waals surface area contributed by atoms with Gasteiger partial charge in [0.1, 0.15) is 11.4 Å². The fourth-order valence-corrected chi connectivity index (χ4v) is 2.05. The molecule has 0 aromatic heterocycles. The first-order valence-electron chi connectivity index (χ1n) is 6.46. The van der Waals surface area contributed by atoms with E-state index >= 15 is 0 Å². The number of benzene rings is 1. The number of rotatable bonds is 3. The minimum atomic E-state index is -1.77. The Morgan fingerprint density at radius 3 is 2.48 bits per heavy atom. The molecular weight excluding hydrogens is 319 g/mol. The Balaban J connectivity index is 2.13. The van der Waals surface area contributed by atoms with E-state index in [9.17, 15) is 32.7 Å². The predicted octanol–water partition coefficient (Wildman–Crippen LogP) is 0.393. The molecule has 1 fully saturated rings. The SMILES string of the molecule is O=C1CCC(CO)(NC(=O)Nc2cc(F)c(F)cc2F)C(=O)N1. The average molecular weight is 331 g/mol. The highest BCUT2D eigenvalue weighted by Gasteiger charge is 2.43. The van der Waals surface area contributed by atoms with Gasteiger partial charge in [0, 0.05) is 18.6 Å². The van der Waals surface area contributed by atoms with E-state index in [4.69, 9.17) is 0 Å². The number of nitrogens with one attached hydrogen (secondary N) is 3. The Hall–Kier alpha value is -2.62. The van der Waals surface area contributed by atoms with Crippen LogP contribution in [-0.4, -0.2) is 35.1 Å². The summed E-state index contributed by atoms with van der Waals surface area (Å²) in [6.07, 6.45) is -0.284. The molecule has 7 nitrogen and oxygen atoms in total. The molecule has 1 unspecified atom stereocenters. The molecule has 1 aliphatic heterocycles. The summed E-state index contributed by atoms with van der Waals surface area (Å²) < 4.78 is 39.3. The van der Waals surface area contributed by atoms with Crippen LogP contribution in [0.2, 0.25) is 0 Å². The molecule has 4 N–H and O–H groups in total. The minimum absolute atomic E-state index is 0.119. The van der Waals surface area contributed by atoms with Crippen molar-refractivity contribution < 1.29 is 32.7 Å². The largest absolute Gasteiger partial charge is 0.393 e. The van der Waals surface area contributed by atoms with Gasteiger partial charge in [0.25, 0.3) is 5.91 Å². The summed E-state index contributed by atoms with van der Waals surface area (Å²) in [5.41, 5.74) is -2.42. The number of amides is 4. The maximum absolute atomic E-state index is 13.5. The van der Waals surface area contributed by atoms with Gasteiger partial charge in [-0.05, 0) is 6.42 Å². The zero-order valence-corrected chi connectivity index (χ0v) is 11.6. The van der Waals surface area contributed by atoms with Gasteiger partial charge in [-0.15, -0.1) is 0 Å². The lowest BCUT2D eigenvalue weighted by Gasteiger charge is -2.34. The van der Waals surface area contributed by atoms with Crippen LogP contribution in [0, 0.1) is 17.5 Å². The normalized spacial score (nSPS) is 20.9. The van der Waals surface area contributed by atoms with Crippen LogP contribution in [0.3, 0.4) is 0 Å². The van der Waals surface area contributed by atoms with Crippen molar-refractivity contribution in [2.75, 3.05) is 11.9 Å². The Labute approximate surface area is 127 Å².